The van der Waals surface area contributed by atoms with Crippen LogP contribution in [-0.4, -0.2) is 19.3 Å². The topological polar surface area (TPSA) is 47.7 Å². The molecule has 0 fully saturated rings. The number of hydrogen-bond acceptors (Lipinski definition) is 3. The Labute approximate surface area is 105 Å². The molecule has 0 amide bonds. The first-order chi connectivity index (χ1) is 8.08. The fourth-order valence-electron chi connectivity index (χ4n) is 1.61. The van der Waals surface area contributed by atoms with Gasteiger partial charge >= 0.3 is 0 Å². The smallest absolute Gasteiger partial charge is 0.128 e. The molecule has 6 heteroatoms. The van der Waals surface area contributed by atoms with Crippen molar-refractivity contribution in [2.75, 3.05) is 0 Å². The van der Waals surface area contributed by atoms with Crippen LogP contribution >= 0.6 is 11.6 Å². The van der Waals surface area contributed by atoms with Gasteiger partial charge in [0.1, 0.15) is 11.0 Å². The van der Waals surface area contributed by atoms with E-state index in [0.29, 0.717) is 11.7 Å². The molecule has 1 N–H and O–H groups in total. The van der Waals surface area contributed by atoms with Gasteiger partial charge in [0, 0.05) is 31.9 Å². The maximum Gasteiger partial charge on any atom is 0.128 e. The predicted molar refractivity (Wildman–Crippen MR) is 66.7 cm³/mol. The molecular formula is C11H16ClN5. The molecule has 0 aromatic carbocycles. The van der Waals surface area contributed by atoms with Crippen LogP contribution < -0.4 is 5.32 Å². The van der Waals surface area contributed by atoms with Crippen LogP contribution in [0, 0.1) is 0 Å². The van der Waals surface area contributed by atoms with Crippen molar-refractivity contribution in [2.24, 2.45) is 14.1 Å². The Bertz CT molecular complexity index is 502. The molecule has 0 aliphatic carbocycles. The van der Waals surface area contributed by atoms with Crippen LogP contribution in [0.25, 0.3) is 0 Å². The molecule has 0 radical (unpaired) electrons. The standard InChI is InChI=1S/C11H16ClN5/c1-8(9-4-15-16(2)7-9)13-6-11-14-5-10(12)17(11)3/h4-5,7-8,13H,6H2,1-3H3. The molecule has 2 rings (SSSR count). The number of rotatable bonds is 4. The van der Waals surface area contributed by atoms with Crippen LogP contribution in [-0.2, 0) is 20.6 Å². The summed E-state index contributed by atoms with van der Waals surface area (Å²) in [4.78, 5) is 4.23. The van der Waals surface area contributed by atoms with Crippen LogP contribution in [0.4, 0.5) is 0 Å². The van der Waals surface area contributed by atoms with Crippen LogP contribution in [0.2, 0.25) is 5.15 Å². The lowest BCUT2D eigenvalue weighted by Gasteiger charge is -2.11. The highest BCUT2D eigenvalue weighted by Gasteiger charge is 2.09. The molecule has 0 spiro atoms. The second-order valence-electron chi connectivity index (χ2n) is 4.11. The molecule has 17 heavy (non-hydrogen) atoms. The average Bonchev–Trinajstić information content (AvgIpc) is 2.86. The molecule has 1 atom stereocenters. The Morgan fingerprint density at radius 3 is 2.71 bits per heavy atom. The molecule has 0 aliphatic heterocycles. The van der Waals surface area contributed by atoms with Crippen molar-refractivity contribution >= 4 is 11.6 Å². The van der Waals surface area contributed by atoms with E-state index in [2.05, 4.69) is 22.3 Å². The van der Waals surface area contributed by atoms with Gasteiger partial charge in [-0.05, 0) is 6.92 Å². The molecule has 5 nitrogen and oxygen atoms in total. The molecule has 0 aliphatic rings. The molecule has 0 saturated heterocycles. The van der Waals surface area contributed by atoms with E-state index in [1.165, 1.54) is 0 Å². The number of hydrogen-bond donors (Lipinski definition) is 1. The van der Waals surface area contributed by atoms with Crippen molar-refractivity contribution in [3.8, 4) is 0 Å². The fraction of sp³-hybridized carbons (Fsp3) is 0.455. The molecule has 2 aromatic heterocycles. The zero-order valence-corrected chi connectivity index (χ0v) is 10.9. The number of imidazole rings is 1. The van der Waals surface area contributed by atoms with Crippen molar-refractivity contribution < 1.29 is 0 Å². The van der Waals surface area contributed by atoms with Gasteiger partial charge in [0.25, 0.3) is 0 Å². The van der Waals surface area contributed by atoms with E-state index in [0.717, 1.165) is 11.4 Å². The summed E-state index contributed by atoms with van der Waals surface area (Å²) in [5.74, 6) is 0.922. The molecule has 1 unspecified atom stereocenters. The largest absolute Gasteiger partial charge is 0.321 e. The second kappa shape index (κ2) is 4.89. The highest BCUT2D eigenvalue weighted by molar-refractivity contribution is 6.29. The van der Waals surface area contributed by atoms with E-state index in [1.54, 1.807) is 10.9 Å². The maximum atomic E-state index is 5.92. The van der Waals surface area contributed by atoms with Crippen molar-refractivity contribution in [3.05, 3.63) is 35.1 Å². The Hall–Kier alpha value is -1.33. The van der Waals surface area contributed by atoms with E-state index in [9.17, 15) is 0 Å². The summed E-state index contributed by atoms with van der Waals surface area (Å²) < 4.78 is 3.66. The molecule has 0 bridgehead atoms. The maximum absolute atomic E-state index is 5.92. The van der Waals surface area contributed by atoms with Gasteiger partial charge < -0.3 is 9.88 Å². The number of aromatic nitrogens is 4. The summed E-state index contributed by atoms with van der Waals surface area (Å²) in [6, 6.07) is 0.235. The zero-order valence-electron chi connectivity index (χ0n) is 10.2. The molecule has 2 heterocycles. The van der Waals surface area contributed by atoms with Gasteiger partial charge in [-0.2, -0.15) is 5.10 Å². The van der Waals surface area contributed by atoms with Crippen molar-refractivity contribution in [2.45, 2.75) is 19.5 Å². The first-order valence-corrected chi connectivity index (χ1v) is 5.83. The van der Waals surface area contributed by atoms with Crippen LogP contribution in [0.5, 0.6) is 0 Å². The fourth-order valence-corrected chi connectivity index (χ4v) is 1.76. The van der Waals surface area contributed by atoms with Crippen LogP contribution in [0.1, 0.15) is 24.4 Å². The Balaban J connectivity index is 1.96. The summed E-state index contributed by atoms with van der Waals surface area (Å²) >= 11 is 5.92. The van der Waals surface area contributed by atoms with E-state index in [1.807, 2.05) is 31.1 Å². The zero-order chi connectivity index (χ0) is 12.4. The summed E-state index contributed by atoms with van der Waals surface area (Å²) in [7, 11) is 3.82. The van der Waals surface area contributed by atoms with Crippen molar-refractivity contribution in [3.63, 3.8) is 0 Å². The first-order valence-electron chi connectivity index (χ1n) is 5.46. The third kappa shape index (κ3) is 2.68. The minimum absolute atomic E-state index is 0.235. The summed E-state index contributed by atoms with van der Waals surface area (Å²) in [5, 5.41) is 8.19. The normalized spacial score (nSPS) is 12.9. The molecule has 2 aromatic rings. The van der Waals surface area contributed by atoms with Gasteiger partial charge in [-0.25, -0.2) is 4.98 Å². The van der Waals surface area contributed by atoms with Gasteiger partial charge in [0.15, 0.2) is 0 Å². The van der Waals surface area contributed by atoms with Gasteiger partial charge in [0.05, 0.1) is 18.9 Å². The van der Waals surface area contributed by atoms with Gasteiger partial charge in [0.2, 0.25) is 0 Å². The van der Waals surface area contributed by atoms with Gasteiger partial charge in [-0.3, -0.25) is 4.68 Å². The number of nitrogens with zero attached hydrogens (tertiary/aromatic N) is 4. The van der Waals surface area contributed by atoms with Crippen LogP contribution in [0.3, 0.4) is 0 Å². The Morgan fingerprint density at radius 2 is 2.18 bits per heavy atom. The van der Waals surface area contributed by atoms with Gasteiger partial charge in [-0.15, -0.1) is 0 Å². The second-order valence-corrected chi connectivity index (χ2v) is 4.49. The third-order valence-corrected chi connectivity index (χ3v) is 3.17. The number of aryl methyl sites for hydroxylation is 1. The SMILES string of the molecule is CC(NCc1ncc(Cl)n1C)c1cnn(C)c1. The van der Waals surface area contributed by atoms with E-state index < -0.39 is 0 Å². The average molecular weight is 254 g/mol. The summed E-state index contributed by atoms with van der Waals surface area (Å²) in [6.45, 7) is 2.78. The quantitative estimate of drug-likeness (QED) is 0.902. The monoisotopic (exact) mass is 253 g/mol. The Kier molecular flexibility index (Phi) is 3.49. The third-order valence-electron chi connectivity index (χ3n) is 2.82. The lowest BCUT2D eigenvalue weighted by Crippen LogP contribution is -2.19. The molecule has 0 saturated carbocycles. The van der Waals surface area contributed by atoms with Crippen molar-refractivity contribution in [1.29, 1.82) is 0 Å². The highest BCUT2D eigenvalue weighted by Crippen LogP contribution is 2.13. The van der Waals surface area contributed by atoms with Gasteiger partial charge in [-0.1, -0.05) is 11.6 Å². The number of halogens is 1. The number of nitrogens with one attached hydrogen (secondary N) is 1. The van der Waals surface area contributed by atoms with E-state index in [-0.39, 0.29) is 6.04 Å². The van der Waals surface area contributed by atoms with E-state index in [4.69, 9.17) is 11.6 Å². The Morgan fingerprint density at radius 1 is 1.41 bits per heavy atom. The van der Waals surface area contributed by atoms with E-state index >= 15 is 0 Å². The lowest BCUT2D eigenvalue weighted by molar-refractivity contribution is 0.549. The summed E-state index contributed by atoms with van der Waals surface area (Å²) in [5.41, 5.74) is 1.16. The first kappa shape index (κ1) is 12.1. The van der Waals surface area contributed by atoms with Crippen LogP contribution in [0.15, 0.2) is 18.6 Å². The predicted octanol–water partition coefficient (Wildman–Crippen LogP) is 1.66. The summed E-state index contributed by atoms with van der Waals surface area (Å²) in [6.07, 6.45) is 5.53. The molecular weight excluding hydrogens is 238 g/mol. The minimum atomic E-state index is 0.235. The minimum Gasteiger partial charge on any atom is -0.321 e. The van der Waals surface area contributed by atoms with Crippen molar-refractivity contribution in [1.82, 2.24) is 24.6 Å². The lowest BCUT2D eigenvalue weighted by atomic mass is 10.2. The highest BCUT2D eigenvalue weighted by atomic mass is 35.5. The molecule has 92 valence electrons.